The van der Waals surface area contributed by atoms with Crippen LogP contribution in [-0.4, -0.2) is 32.4 Å². The Morgan fingerprint density at radius 3 is 2.79 bits per heavy atom. The number of sulfone groups is 1. The smallest absolute Gasteiger partial charge is 0.252 e. The molecule has 0 aliphatic carbocycles. The number of hydrogen-bond donors (Lipinski definition) is 1. The van der Waals surface area contributed by atoms with Gasteiger partial charge in [-0.25, -0.2) is 8.42 Å². The van der Waals surface area contributed by atoms with Crippen molar-refractivity contribution < 1.29 is 13.2 Å². The summed E-state index contributed by atoms with van der Waals surface area (Å²) in [5.41, 5.74) is 0.653. The molecule has 2 aromatic rings. The number of carbonyl (C=O) groups excluding carboxylic acids is 1. The molecular weight excluding hydrogens is 362 g/mol. The molecule has 2 heterocycles. The van der Waals surface area contributed by atoms with Gasteiger partial charge in [-0.1, -0.05) is 18.2 Å². The third kappa shape index (κ3) is 4.62. The van der Waals surface area contributed by atoms with Gasteiger partial charge in [-0.05, 0) is 35.9 Å². The second kappa shape index (κ2) is 7.72. The molecule has 128 valence electrons. The summed E-state index contributed by atoms with van der Waals surface area (Å²) in [6.45, 7) is 0.419. The third-order valence-corrected chi connectivity index (χ3v) is 7.98. The van der Waals surface area contributed by atoms with Crippen molar-refractivity contribution in [2.24, 2.45) is 5.92 Å². The standard InChI is InChI=1S/C17H19NO3S3/c19-17(18-10-13-7-9-24(20,21)12-13)15-5-1-2-6-16(15)23-11-14-4-3-8-22-14/h1-6,8,13H,7,9-12H2,(H,18,19). The summed E-state index contributed by atoms with van der Waals surface area (Å²) < 4.78 is 23.0. The number of amides is 1. The highest BCUT2D eigenvalue weighted by molar-refractivity contribution is 7.98. The van der Waals surface area contributed by atoms with Crippen LogP contribution in [0.15, 0.2) is 46.7 Å². The Kier molecular flexibility index (Phi) is 5.63. The Bertz CT molecular complexity index is 800. The molecule has 1 aliphatic rings. The van der Waals surface area contributed by atoms with Gasteiger partial charge in [0.05, 0.1) is 17.1 Å². The van der Waals surface area contributed by atoms with E-state index in [1.807, 2.05) is 35.7 Å². The van der Waals surface area contributed by atoms with Gasteiger partial charge in [0.25, 0.3) is 5.91 Å². The molecule has 0 spiro atoms. The molecule has 0 bridgehead atoms. The fourth-order valence-corrected chi connectivity index (χ4v) is 6.37. The topological polar surface area (TPSA) is 63.2 Å². The highest BCUT2D eigenvalue weighted by Crippen LogP contribution is 2.28. The monoisotopic (exact) mass is 381 g/mol. The van der Waals surface area contributed by atoms with Crippen LogP contribution in [0.1, 0.15) is 21.7 Å². The van der Waals surface area contributed by atoms with Crippen LogP contribution in [0.25, 0.3) is 0 Å². The van der Waals surface area contributed by atoms with E-state index in [1.54, 1.807) is 23.1 Å². The van der Waals surface area contributed by atoms with E-state index in [9.17, 15) is 13.2 Å². The molecule has 7 heteroatoms. The first kappa shape index (κ1) is 17.5. The number of nitrogens with one attached hydrogen (secondary N) is 1. The SMILES string of the molecule is O=C(NCC1CCS(=O)(=O)C1)c1ccccc1SCc1cccs1. The van der Waals surface area contributed by atoms with E-state index >= 15 is 0 Å². The lowest BCUT2D eigenvalue weighted by atomic mass is 10.1. The van der Waals surface area contributed by atoms with E-state index in [0.29, 0.717) is 18.5 Å². The first-order valence-corrected chi connectivity index (χ1v) is 11.4. The second-order valence-corrected chi connectivity index (χ2v) is 10.1. The second-order valence-electron chi connectivity index (χ2n) is 5.84. The van der Waals surface area contributed by atoms with E-state index in [-0.39, 0.29) is 23.3 Å². The van der Waals surface area contributed by atoms with E-state index in [1.165, 1.54) is 4.88 Å². The van der Waals surface area contributed by atoms with Gasteiger partial charge in [0.15, 0.2) is 9.84 Å². The van der Waals surface area contributed by atoms with Crippen molar-refractivity contribution in [2.45, 2.75) is 17.1 Å². The fourth-order valence-electron chi connectivity index (χ4n) is 2.69. The summed E-state index contributed by atoms with van der Waals surface area (Å²) in [6.07, 6.45) is 0.636. The fraction of sp³-hybridized carbons (Fsp3) is 0.353. The van der Waals surface area contributed by atoms with E-state index in [4.69, 9.17) is 0 Å². The van der Waals surface area contributed by atoms with Crippen LogP contribution >= 0.6 is 23.1 Å². The summed E-state index contributed by atoms with van der Waals surface area (Å²) >= 11 is 3.35. The molecular formula is C17H19NO3S3. The summed E-state index contributed by atoms with van der Waals surface area (Å²) in [7, 11) is -2.90. The molecule has 1 aromatic heterocycles. The quantitative estimate of drug-likeness (QED) is 0.781. The van der Waals surface area contributed by atoms with Gasteiger partial charge in [-0.15, -0.1) is 23.1 Å². The van der Waals surface area contributed by atoms with Crippen LogP contribution in [0.3, 0.4) is 0 Å². The molecule has 0 radical (unpaired) electrons. The van der Waals surface area contributed by atoms with Crippen LogP contribution in [0.2, 0.25) is 0 Å². The molecule has 1 amide bonds. The van der Waals surface area contributed by atoms with E-state index in [0.717, 1.165) is 10.6 Å². The normalized spacial score (nSPS) is 19.2. The van der Waals surface area contributed by atoms with Gasteiger partial charge in [-0.2, -0.15) is 0 Å². The van der Waals surface area contributed by atoms with Crippen molar-refractivity contribution in [2.75, 3.05) is 18.1 Å². The minimum Gasteiger partial charge on any atom is -0.352 e. The largest absolute Gasteiger partial charge is 0.352 e. The zero-order valence-corrected chi connectivity index (χ0v) is 15.6. The van der Waals surface area contributed by atoms with Crippen molar-refractivity contribution in [1.29, 1.82) is 0 Å². The predicted molar refractivity (Wildman–Crippen MR) is 99.4 cm³/mol. The van der Waals surface area contributed by atoms with Crippen LogP contribution in [0, 0.1) is 5.92 Å². The Balaban J connectivity index is 1.60. The van der Waals surface area contributed by atoms with Gasteiger partial charge in [-0.3, -0.25) is 4.79 Å². The minimum absolute atomic E-state index is 0.0323. The van der Waals surface area contributed by atoms with Crippen molar-refractivity contribution in [3.63, 3.8) is 0 Å². The van der Waals surface area contributed by atoms with Gasteiger partial charge >= 0.3 is 0 Å². The number of thiophene rings is 1. The van der Waals surface area contributed by atoms with Crippen LogP contribution in [0.4, 0.5) is 0 Å². The first-order valence-electron chi connectivity index (χ1n) is 7.76. The van der Waals surface area contributed by atoms with Gasteiger partial charge < -0.3 is 5.32 Å². The van der Waals surface area contributed by atoms with Gasteiger partial charge in [0.1, 0.15) is 0 Å². The van der Waals surface area contributed by atoms with Crippen molar-refractivity contribution >= 4 is 38.8 Å². The molecule has 0 saturated carbocycles. The molecule has 1 fully saturated rings. The number of thioether (sulfide) groups is 1. The molecule has 1 unspecified atom stereocenters. The average Bonchev–Trinajstić information content (AvgIpc) is 3.20. The van der Waals surface area contributed by atoms with Gasteiger partial charge in [0.2, 0.25) is 0 Å². The summed E-state index contributed by atoms with van der Waals surface area (Å²) in [5.74, 6) is 1.16. The zero-order valence-electron chi connectivity index (χ0n) is 13.1. The molecule has 1 N–H and O–H groups in total. The average molecular weight is 382 g/mol. The summed E-state index contributed by atoms with van der Waals surface area (Å²) in [6, 6.07) is 11.7. The molecule has 3 rings (SSSR count). The van der Waals surface area contributed by atoms with E-state index < -0.39 is 9.84 Å². The van der Waals surface area contributed by atoms with Gasteiger partial charge in [0, 0.05) is 22.1 Å². The van der Waals surface area contributed by atoms with E-state index in [2.05, 4.69) is 11.4 Å². The van der Waals surface area contributed by atoms with Crippen molar-refractivity contribution in [3.05, 3.63) is 52.2 Å². The lowest BCUT2D eigenvalue weighted by Gasteiger charge is -2.12. The zero-order chi connectivity index (χ0) is 17.0. The maximum absolute atomic E-state index is 12.5. The third-order valence-electron chi connectivity index (χ3n) is 3.96. The van der Waals surface area contributed by atoms with Crippen LogP contribution in [-0.2, 0) is 15.6 Å². The maximum atomic E-state index is 12.5. The minimum atomic E-state index is -2.90. The molecule has 1 atom stereocenters. The molecule has 1 aromatic carbocycles. The van der Waals surface area contributed by atoms with Crippen LogP contribution < -0.4 is 5.32 Å². The lowest BCUT2D eigenvalue weighted by molar-refractivity contribution is 0.0945. The predicted octanol–water partition coefficient (Wildman–Crippen LogP) is 3.20. The number of rotatable bonds is 6. The van der Waals surface area contributed by atoms with Crippen LogP contribution in [0.5, 0.6) is 0 Å². The van der Waals surface area contributed by atoms with Crippen molar-refractivity contribution in [3.8, 4) is 0 Å². The first-order chi connectivity index (χ1) is 11.5. The van der Waals surface area contributed by atoms with Crippen molar-refractivity contribution in [1.82, 2.24) is 5.32 Å². The molecule has 1 saturated heterocycles. The summed E-state index contributed by atoms with van der Waals surface area (Å²) in [5, 5.41) is 4.94. The highest BCUT2D eigenvalue weighted by Gasteiger charge is 2.28. The Morgan fingerprint density at radius 2 is 2.08 bits per heavy atom. The highest BCUT2D eigenvalue weighted by atomic mass is 32.2. The molecule has 24 heavy (non-hydrogen) atoms. The summed E-state index contributed by atoms with van der Waals surface area (Å²) in [4.78, 5) is 14.7. The number of benzene rings is 1. The number of hydrogen-bond acceptors (Lipinski definition) is 5. The Morgan fingerprint density at radius 1 is 1.25 bits per heavy atom. The molecule has 4 nitrogen and oxygen atoms in total. The Labute approximate surface area is 150 Å². The Hall–Kier alpha value is -1.31. The maximum Gasteiger partial charge on any atom is 0.252 e. The number of carbonyl (C=O) groups is 1. The molecule has 1 aliphatic heterocycles. The lowest BCUT2D eigenvalue weighted by Crippen LogP contribution is -2.30.